The second-order valence-corrected chi connectivity index (χ2v) is 24.2. The van der Waals surface area contributed by atoms with Gasteiger partial charge in [-0.3, -0.25) is 4.79 Å². The SMILES string of the molecule is C=CCC(C)N(CC(COC)O[Si](C)(C)C(C)(C)C)S(=O)(=O)NC(=O)c1ccc2c(c1)N(C[C@@H]1CC[C@H]1C(O)C=C)C[C@@]1(CCCc3cc(Cl)ccc31)CO2. The van der Waals surface area contributed by atoms with E-state index in [2.05, 4.69) is 68.8 Å². The number of anilines is 1. The van der Waals surface area contributed by atoms with E-state index in [1.165, 1.54) is 15.4 Å². The van der Waals surface area contributed by atoms with Gasteiger partial charge in [0.05, 0.1) is 31.1 Å². The highest BCUT2D eigenvalue weighted by atomic mass is 35.5. The van der Waals surface area contributed by atoms with Gasteiger partial charge in [-0.15, -0.1) is 13.2 Å². The summed E-state index contributed by atoms with van der Waals surface area (Å²) in [5, 5.41) is 11.3. The first-order chi connectivity index (χ1) is 25.8. The quantitative estimate of drug-likeness (QED) is 0.131. The highest BCUT2D eigenvalue weighted by Crippen LogP contribution is 2.47. The van der Waals surface area contributed by atoms with Crippen LogP contribution in [-0.2, 0) is 31.2 Å². The van der Waals surface area contributed by atoms with E-state index in [0.717, 1.165) is 37.8 Å². The molecule has 2 aromatic rings. The summed E-state index contributed by atoms with van der Waals surface area (Å²) >= 11 is 6.45. The Labute approximate surface area is 335 Å². The van der Waals surface area contributed by atoms with Crippen molar-refractivity contribution in [1.29, 1.82) is 0 Å². The summed E-state index contributed by atoms with van der Waals surface area (Å²) in [4.78, 5) is 16.3. The molecule has 13 heteroatoms. The normalized spacial score (nSPS) is 23.1. The van der Waals surface area contributed by atoms with Crippen LogP contribution in [0, 0.1) is 11.8 Å². The Hall–Kier alpha value is -2.71. The van der Waals surface area contributed by atoms with Crippen molar-refractivity contribution >= 4 is 41.7 Å². The fourth-order valence-electron chi connectivity index (χ4n) is 8.20. The lowest BCUT2D eigenvalue weighted by atomic mass is 9.68. The number of nitrogens with zero attached hydrogens (tertiary/aromatic N) is 2. The van der Waals surface area contributed by atoms with Crippen LogP contribution < -0.4 is 14.4 Å². The van der Waals surface area contributed by atoms with Gasteiger partial charge in [-0.25, -0.2) is 4.72 Å². The molecule has 10 nitrogen and oxygen atoms in total. The third-order valence-electron chi connectivity index (χ3n) is 12.4. The van der Waals surface area contributed by atoms with Crippen LogP contribution in [-0.4, -0.2) is 90.3 Å². The molecule has 3 aliphatic rings. The average molecular weight is 817 g/mol. The summed E-state index contributed by atoms with van der Waals surface area (Å²) in [6.07, 6.45) is 7.22. The van der Waals surface area contributed by atoms with Crippen molar-refractivity contribution in [3.05, 3.63) is 83.4 Å². The predicted molar refractivity (Wildman–Crippen MR) is 224 cm³/mol. The Morgan fingerprint density at radius 1 is 1.22 bits per heavy atom. The van der Waals surface area contributed by atoms with E-state index in [9.17, 15) is 18.3 Å². The summed E-state index contributed by atoms with van der Waals surface area (Å²) in [6.45, 7) is 22.0. The Balaban J connectivity index is 1.46. The first-order valence-corrected chi connectivity index (χ1v) is 24.3. The van der Waals surface area contributed by atoms with Crippen molar-refractivity contribution in [3.8, 4) is 5.75 Å². The van der Waals surface area contributed by atoms with Crippen LogP contribution in [0.15, 0.2) is 61.7 Å². The molecule has 0 saturated heterocycles. The molecule has 2 aliphatic carbocycles. The number of carbonyl (C=O) groups is 1. The molecular formula is C42H62ClN3O7SSi. The first-order valence-electron chi connectivity index (χ1n) is 19.6. The number of carbonyl (C=O) groups excluding carboxylic acids is 1. The zero-order chi connectivity index (χ0) is 40.3. The number of hydrogen-bond donors (Lipinski definition) is 2. The fraction of sp³-hybridized carbons (Fsp3) is 0.595. The molecule has 0 radical (unpaired) electrons. The fourth-order valence-corrected chi connectivity index (χ4v) is 11.1. The minimum atomic E-state index is -4.36. The van der Waals surface area contributed by atoms with Crippen LogP contribution in [0.1, 0.15) is 81.3 Å². The molecule has 1 spiro atoms. The van der Waals surface area contributed by atoms with E-state index in [1.807, 2.05) is 6.07 Å². The smallest absolute Gasteiger partial charge is 0.304 e. The molecule has 1 aliphatic heterocycles. The van der Waals surface area contributed by atoms with E-state index in [0.29, 0.717) is 36.9 Å². The lowest BCUT2D eigenvalue weighted by Crippen LogP contribution is -2.54. The third kappa shape index (κ3) is 9.71. The number of halogens is 1. The summed E-state index contributed by atoms with van der Waals surface area (Å²) < 4.78 is 50.8. The molecule has 1 fully saturated rings. The van der Waals surface area contributed by atoms with E-state index < -0.39 is 42.7 Å². The minimum absolute atomic E-state index is 0.00232. The largest absolute Gasteiger partial charge is 0.490 e. The van der Waals surface area contributed by atoms with Crippen LogP contribution in [0.5, 0.6) is 5.75 Å². The van der Waals surface area contributed by atoms with Crippen molar-refractivity contribution < 1.29 is 32.2 Å². The summed E-state index contributed by atoms with van der Waals surface area (Å²) in [6, 6.07) is 10.7. The zero-order valence-electron chi connectivity index (χ0n) is 33.8. The molecule has 304 valence electrons. The topological polar surface area (TPSA) is 118 Å². The highest BCUT2D eigenvalue weighted by Gasteiger charge is 2.45. The second-order valence-electron chi connectivity index (χ2n) is 17.3. The molecule has 1 saturated carbocycles. The molecule has 3 unspecified atom stereocenters. The Bertz CT molecular complexity index is 1820. The number of fused-ring (bicyclic) bond motifs is 3. The monoisotopic (exact) mass is 815 g/mol. The van der Waals surface area contributed by atoms with Gasteiger partial charge in [0.1, 0.15) is 5.75 Å². The molecule has 0 bridgehead atoms. The maximum Gasteiger partial charge on any atom is 0.304 e. The molecule has 55 heavy (non-hydrogen) atoms. The number of aliphatic hydroxyl groups excluding tert-OH is 1. The first kappa shape index (κ1) is 43.4. The number of methoxy groups -OCH3 is 1. The maximum atomic E-state index is 14.2. The number of benzene rings is 2. The molecular weight excluding hydrogens is 754 g/mol. The lowest BCUT2D eigenvalue weighted by molar-refractivity contribution is 0.0460. The van der Waals surface area contributed by atoms with Gasteiger partial charge < -0.3 is 23.9 Å². The molecule has 2 aromatic carbocycles. The summed E-state index contributed by atoms with van der Waals surface area (Å²) in [5.74, 6) is 0.174. The van der Waals surface area contributed by atoms with Gasteiger partial charge in [-0.1, -0.05) is 50.6 Å². The minimum Gasteiger partial charge on any atom is -0.490 e. The standard InChI is InChI=1S/C42H62ClN3O7SSi/c1-10-13-29(3)46(25-34(26-51-7)53-55(8,9)41(4,5)6)54(49,50)44-40(48)31-16-20-39-37(23-31)45(24-32-15-18-35(32)38(47)11-2)27-42(28-52-39)21-12-14-30-22-33(43)17-19-36(30)42/h10-11,16-17,19-20,22-23,29,32,34-35,38,47H,1-2,12-15,18,21,24-28H2,3-9H3,(H,44,48)/t29?,32-,34?,35+,38?,42-/m0/s1. The zero-order valence-corrected chi connectivity index (χ0v) is 36.3. The van der Waals surface area contributed by atoms with Crippen molar-refractivity contribution in [3.63, 3.8) is 0 Å². The van der Waals surface area contributed by atoms with Crippen LogP contribution in [0.2, 0.25) is 23.2 Å². The van der Waals surface area contributed by atoms with Crippen LogP contribution in [0.25, 0.3) is 0 Å². The Morgan fingerprint density at radius 3 is 2.60 bits per heavy atom. The molecule has 1 heterocycles. The maximum absolute atomic E-state index is 14.2. The molecule has 1 amide bonds. The summed E-state index contributed by atoms with van der Waals surface area (Å²) in [5.41, 5.74) is 3.04. The number of amides is 1. The van der Waals surface area contributed by atoms with Gasteiger partial charge in [0.15, 0.2) is 8.32 Å². The lowest BCUT2D eigenvalue weighted by Gasteiger charge is -2.45. The van der Waals surface area contributed by atoms with Crippen LogP contribution >= 0.6 is 11.6 Å². The predicted octanol–water partition coefficient (Wildman–Crippen LogP) is 7.66. The summed E-state index contributed by atoms with van der Waals surface area (Å²) in [7, 11) is -5.09. The Morgan fingerprint density at radius 2 is 1.96 bits per heavy atom. The van der Waals surface area contributed by atoms with Crippen LogP contribution in [0.3, 0.4) is 0 Å². The third-order valence-corrected chi connectivity index (χ3v) is 18.8. The number of rotatable bonds is 16. The molecule has 2 N–H and O–H groups in total. The number of hydrogen-bond acceptors (Lipinski definition) is 8. The average Bonchev–Trinajstić information content (AvgIpc) is 3.24. The van der Waals surface area contributed by atoms with E-state index >= 15 is 0 Å². The highest BCUT2D eigenvalue weighted by molar-refractivity contribution is 7.87. The second kappa shape index (κ2) is 17.4. The number of ether oxygens (including phenoxy) is 2. The number of aliphatic hydroxyl groups is 1. The van der Waals surface area contributed by atoms with Crippen molar-refractivity contribution in [2.75, 3.05) is 44.9 Å². The van der Waals surface area contributed by atoms with Gasteiger partial charge in [0, 0.05) is 48.8 Å². The van der Waals surface area contributed by atoms with E-state index in [4.69, 9.17) is 25.5 Å². The number of nitrogens with one attached hydrogen (secondary N) is 1. The van der Waals surface area contributed by atoms with E-state index in [1.54, 1.807) is 44.4 Å². The van der Waals surface area contributed by atoms with Gasteiger partial charge >= 0.3 is 10.2 Å². The van der Waals surface area contributed by atoms with Crippen molar-refractivity contribution in [2.45, 2.75) is 108 Å². The molecule has 5 rings (SSSR count). The van der Waals surface area contributed by atoms with Gasteiger partial charge in [-0.2, -0.15) is 12.7 Å². The Kier molecular flexibility index (Phi) is 13.7. The van der Waals surface area contributed by atoms with Gasteiger partial charge in [0.2, 0.25) is 0 Å². The van der Waals surface area contributed by atoms with Crippen molar-refractivity contribution in [2.24, 2.45) is 11.8 Å². The molecule has 6 atom stereocenters. The number of aryl methyl sites for hydroxylation is 1. The van der Waals surface area contributed by atoms with Gasteiger partial charge in [0.25, 0.3) is 5.91 Å². The van der Waals surface area contributed by atoms with E-state index in [-0.39, 0.29) is 41.0 Å². The van der Waals surface area contributed by atoms with Gasteiger partial charge in [-0.05, 0) is 117 Å². The molecule has 0 aromatic heterocycles. The van der Waals surface area contributed by atoms with Crippen LogP contribution in [0.4, 0.5) is 5.69 Å². The van der Waals surface area contributed by atoms with Crippen molar-refractivity contribution in [1.82, 2.24) is 9.03 Å².